The number of aliphatic hydroxyl groups is 1. The Morgan fingerprint density at radius 3 is 2.48 bits per heavy atom. The molecule has 0 fully saturated rings. The van der Waals surface area contributed by atoms with Gasteiger partial charge in [-0.25, -0.2) is 4.99 Å². The highest BCUT2D eigenvalue weighted by atomic mass is 16.3. The molecule has 1 aromatic heterocycles. The van der Waals surface area contributed by atoms with Crippen molar-refractivity contribution < 1.29 is 9.90 Å². The number of likely N-dealkylation sites (N-methyl/N-ethyl adjacent to an activating group) is 1. The highest BCUT2D eigenvalue weighted by Crippen LogP contribution is 2.48. The fourth-order valence-corrected chi connectivity index (χ4v) is 3.79. The lowest BCUT2D eigenvalue weighted by atomic mass is 9.69. The third kappa shape index (κ3) is 2.49. The van der Waals surface area contributed by atoms with Crippen molar-refractivity contribution in [1.82, 2.24) is 9.88 Å². The number of carbonyl (C=O) groups excluding carboxylic acids is 1. The molecular weight excluding hydrogens is 340 g/mol. The van der Waals surface area contributed by atoms with E-state index >= 15 is 0 Å². The van der Waals surface area contributed by atoms with Gasteiger partial charge in [0, 0.05) is 25.9 Å². The summed E-state index contributed by atoms with van der Waals surface area (Å²) in [5.41, 5.74) is 5.32. The van der Waals surface area contributed by atoms with E-state index in [0.29, 0.717) is 5.56 Å². The van der Waals surface area contributed by atoms with Crippen molar-refractivity contribution in [2.24, 2.45) is 10.7 Å². The van der Waals surface area contributed by atoms with Crippen LogP contribution in [-0.2, 0) is 10.3 Å². The predicted molar refractivity (Wildman–Crippen MR) is 103 cm³/mol. The minimum absolute atomic E-state index is 0.0782. The summed E-state index contributed by atoms with van der Waals surface area (Å²) in [4.78, 5) is 23.1. The first-order valence-corrected chi connectivity index (χ1v) is 8.68. The molecule has 1 aliphatic heterocycles. The number of nitrogens with two attached hydrogens (primary N) is 1. The van der Waals surface area contributed by atoms with Crippen molar-refractivity contribution in [1.29, 1.82) is 0 Å². The lowest BCUT2D eigenvalue weighted by Gasteiger charge is -2.41. The molecule has 0 saturated heterocycles. The van der Waals surface area contributed by atoms with Crippen molar-refractivity contribution in [2.45, 2.75) is 17.6 Å². The summed E-state index contributed by atoms with van der Waals surface area (Å²) in [5, 5.41) is 11.8. The number of rotatable bonds is 3. The van der Waals surface area contributed by atoms with Gasteiger partial charge < -0.3 is 10.8 Å². The number of carbonyl (C=O) groups is 1. The van der Waals surface area contributed by atoms with Crippen molar-refractivity contribution >= 4 is 17.4 Å². The Kier molecular flexibility index (Phi) is 3.93. The Morgan fingerprint density at radius 1 is 1.15 bits per heavy atom. The van der Waals surface area contributed by atoms with Gasteiger partial charge in [0.2, 0.25) is 5.54 Å². The molecule has 0 spiro atoms. The number of nitrogens with zero attached hydrogens (tertiary/aromatic N) is 3. The normalized spacial score (nSPS) is 27.5. The Labute approximate surface area is 157 Å². The minimum atomic E-state index is -1.57. The van der Waals surface area contributed by atoms with Crippen LogP contribution in [0.5, 0.6) is 0 Å². The first-order chi connectivity index (χ1) is 13.0. The molecule has 2 atom stereocenters. The Balaban J connectivity index is 1.86. The zero-order chi connectivity index (χ0) is 19.1. The topological polar surface area (TPSA) is 91.8 Å². The average Bonchev–Trinajstić information content (AvgIpc) is 2.95. The van der Waals surface area contributed by atoms with E-state index in [2.05, 4.69) is 9.98 Å². The average molecular weight is 360 g/mol. The Bertz CT molecular complexity index is 968. The molecule has 3 N–H and O–H groups in total. The molecule has 0 bridgehead atoms. The van der Waals surface area contributed by atoms with E-state index in [-0.39, 0.29) is 18.3 Å². The monoisotopic (exact) mass is 360 g/mol. The second-order valence-electron chi connectivity index (χ2n) is 6.80. The highest BCUT2D eigenvalue weighted by Gasteiger charge is 2.61. The third-order valence-corrected chi connectivity index (χ3v) is 5.24. The lowest BCUT2D eigenvalue weighted by Crippen LogP contribution is -2.56. The van der Waals surface area contributed by atoms with Crippen LogP contribution in [0.4, 0.5) is 0 Å². The van der Waals surface area contributed by atoms with E-state index in [9.17, 15) is 9.90 Å². The van der Waals surface area contributed by atoms with Crippen LogP contribution in [0.3, 0.4) is 0 Å². The zero-order valence-electron chi connectivity index (χ0n) is 14.9. The van der Waals surface area contributed by atoms with Crippen LogP contribution in [0, 0.1) is 0 Å². The number of pyridine rings is 1. The molecule has 136 valence electrons. The predicted octanol–water partition coefficient (Wildman–Crippen LogP) is 1.84. The Hall–Kier alpha value is -3.25. The van der Waals surface area contributed by atoms with Gasteiger partial charge in [0.25, 0.3) is 5.91 Å². The molecule has 6 heteroatoms. The van der Waals surface area contributed by atoms with E-state index in [1.54, 1.807) is 43.7 Å². The summed E-state index contributed by atoms with van der Waals surface area (Å²) in [7, 11) is 1.56. The molecule has 2 heterocycles. The molecule has 4 rings (SSSR count). The summed E-state index contributed by atoms with van der Waals surface area (Å²) in [5.74, 6) is -0.290. The van der Waals surface area contributed by atoms with Gasteiger partial charge in [-0.2, -0.15) is 0 Å². The molecule has 6 nitrogen and oxygen atoms in total. The van der Waals surface area contributed by atoms with Gasteiger partial charge in [0.1, 0.15) is 5.60 Å². The maximum absolute atomic E-state index is 13.3. The van der Waals surface area contributed by atoms with E-state index in [1.807, 2.05) is 36.4 Å². The third-order valence-electron chi connectivity index (χ3n) is 5.24. The number of aromatic nitrogens is 1. The second-order valence-corrected chi connectivity index (χ2v) is 6.80. The number of aliphatic imine (C=N–C) groups is 1. The van der Waals surface area contributed by atoms with Gasteiger partial charge in [0.05, 0.1) is 0 Å². The molecule has 1 aromatic carbocycles. The molecule has 2 unspecified atom stereocenters. The number of hydrogen-bond donors (Lipinski definition) is 2. The van der Waals surface area contributed by atoms with Gasteiger partial charge in [0.15, 0.2) is 5.96 Å². The van der Waals surface area contributed by atoms with Crippen LogP contribution < -0.4 is 5.73 Å². The van der Waals surface area contributed by atoms with Crippen LogP contribution in [0.25, 0.3) is 5.57 Å². The van der Waals surface area contributed by atoms with Crippen molar-refractivity contribution in [2.75, 3.05) is 7.05 Å². The van der Waals surface area contributed by atoms with Gasteiger partial charge >= 0.3 is 0 Å². The van der Waals surface area contributed by atoms with E-state index in [0.717, 1.165) is 11.1 Å². The number of benzene rings is 1. The number of allylic oxidation sites excluding steroid dienone is 2. The van der Waals surface area contributed by atoms with Crippen LogP contribution >= 0.6 is 0 Å². The van der Waals surface area contributed by atoms with Crippen molar-refractivity contribution in [3.8, 4) is 0 Å². The quantitative estimate of drug-likeness (QED) is 0.874. The fourth-order valence-electron chi connectivity index (χ4n) is 3.79. The van der Waals surface area contributed by atoms with E-state index < -0.39 is 11.1 Å². The number of hydrogen-bond acceptors (Lipinski definition) is 5. The van der Waals surface area contributed by atoms with Gasteiger partial charge in [-0.3, -0.25) is 14.7 Å². The largest absolute Gasteiger partial charge is 0.382 e. The molecule has 27 heavy (non-hydrogen) atoms. The molecule has 2 aliphatic rings. The lowest BCUT2D eigenvalue weighted by molar-refractivity contribution is -0.138. The van der Waals surface area contributed by atoms with Crippen molar-refractivity contribution in [3.05, 3.63) is 84.2 Å². The summed E-state index contributed by atoms with van der Waals surface area (Å²) in [6.07, 6.45) is 8.74. The number of guanidine groups is 1. The van der Waals surface area contributed by atoms with Gasteiger partial charge in [-0.05, 0) is 34.9 Å². The van der Waals surface area contributed by atoms with E-state index in [4.69, 9.17) is 5.73 Å². The van der Waals surface area contributed by atoms with E-state index in [1.165, 1.54) is 4.90 Å². The zero-order valence-corrected chi connectivity index (χ0v) is 14.9. The summed E-state index contributed by atoms with van der Waals surface area (Å²) < 4.78 is 0. The molecule has 0 radical (unpaired) electrons. The molecule has 1 amide bonds. The maximum Gasteiger partial charge on any atom is 0.265 e. The second kappa shape index (κ2) is 6.17. The fraction of sp³-hybridized carbons (Fsp3) is 0.190. The molecular formula is C21H20N4O2. The summed E-state index contributed by atoms with van der Waals surface area (Å²) in [6, 6.07) is 13.2. The number of amides is 1. The molecule has 1 aliphatic carbocycles. The standard InChI is InChI=1S/C21H20N4O2/c1-25-18(26)21(24-19(25)22,17-9-12-23-13-10-17)20(27)11-5-8-16(14-20)15-6-3-2-4-7-15/h2-13,27H,14H2,1H3,(H2,22,24). The van der Waals surface area contributed by atoms with Crippen LogP contribution in [0.1, 0.15) is 17.5 Å². The smallest absolute Gasteiger partial charge is 0.265 e. The van der Waals surface area contributed by atoms with Gasteiger partial charge in [-0.15, -0.1) is 0 Å². The van der Waals surface area contributed by atoms with Gasteiger partial charge in [-0.1, -0.05) is 42.5 Å². The summed E-state index contributed by atoms with van der Waals surface area (Å²) in [6.45, 7) is 0. The Morgan fingerprint density at radius 2 is 1.85 bits per heavy atom. The first kappa shape index (κ1) is 17.2. The maximum atomic E-state index is 13.3. The first-order valence-electron chi connectivity index (χ1n) is 8.68. The minimum Gasteiger partial charge on any atom is -0.382 e. The van der Waals surface area contributed by atoms with Crippen molar-refractivity contribution in [3.63, 3.8) is 0 Å². The highest BCUT2D eigenvalue weighted by molar-refractivity contribution is 6.08. The van der Waals surface area contributed by atoms with Crippen LogP contribution in [0.15, 0.2) is 78.1 Å². The molecule has 2 aromatic rings. The SMILES string of the molecule is CN1C(=O)C(c2ccncc2)(C2(O)C=CC=C(c3ccccc3)C2)N=C1N. The van der Waals surface area contributed by atoms with Crippen LogP contribution in [0.2, 0.25) is 0 Å². The molecule has 0 saturated carbocycles. The summed E-state index contributed by atoms with van der Waals surface area (Å²) >= 11 is 0. The van der Waals surface area contributed by atoms with Crippen LogP contribution in [-0.4, -0.2) is 39.5 Å².